The number of furan rings is 1. The first-order valence-electron chi connectivity index (χ1n) is 17.5. The molecule has 0 radical (unpaired) electrons. The first-order chi connectivity index (χ1) is 24.6. The van der Waals surface area contributed by atoms with E-state index in [1.54, 1.807) is 0 Å². The van der Waals surface area contributed by atoms with E-state index < -0.39 is 0 Å². The van der Waals surface area contributed by atoms with Crippen LogP contribution in [0, 0.1) is 0 Å². The molecule has 0 bridgehead atoms. The molecule has 1 aromatic heterocycles. The molecule has 1 aliphatic carbocycles. The van der Waals surface area contributed by atoms with E-state index in [1.165, 1.54) is 98.4 Å². The molecule has 9 aromatic carbocycles. The van der Waals surface area contributed by atoms with Gasteiger partial charge in [-0.05, 0) is 100 Å². The van der Waals surface area contributed by atoms with E-state index in [0.717, 1.165) is 11.2 Å². The number of fused-ring (bicyclic) bond motifs is 12. The molecule has 50 heavy (non-hydrogen) atoms. The zero-order chi connectivity index (χ0) is 33.1. The van der Waals surface area contributed by atoms with Gasteiger partial charge in [-0.3, -0.25) is 0 Å². The summed E-state index contributed by atoms with van der Waals surface area (Å²) >= 11 is 0. The van der Waals surface area contributed by atoms with E-state index in [4.69, 9.17) is 4.42 Å². The molecule has 0 saturated heterocycles. The molecule has 0 amide bonds. The highest BCUT2D eigenvalue weighted by Gasteiger charge is 2.37. The number of para-hydroxylation sites is 1. The second kappa shape index (κ2) is 9.94. The summed E-state index contributed by atoms with van der Waals surface area (Å²) in [7, 11) is 0. The second-order valence-electron chi connectivity index (χ2n) is 14.4. The van der Waals surface area contributed by atoms with Gasteiger partial charge in [-0.15, -0.1) is 0 Å². The van der Waals surface area contributed by atoms with Crippen LogP contribution in [0.3, 0.4) is 0 Å². The Balaban J connectivity index is 1.20. The lowest BCUT2D eigenvalue weighted by Gasteiger charge is -2.23. The van der Waals surface area contributed by atoms with E-state index in [1.807, 2.05) is 0 Å². The van der Waals surface area contributed by atoms with Crippen LogP contribution in [0.1, 0.15) is 25.0 Å². The Morgan fingerprint density at radius 3 is 1.78 bits per heavy atom. The maximum Gasteiger partial charge on any atom is 0.143 e. The maximum absolute atomic E-state index is 6.64. The largest absolute Gasteiger partial charge is 0.455 e. The average Bonchev–Trinajstić information content (AvgIpc) is 3.65. The normalized spacial score (nSPS) is 13.6. The van der Waals surface area contributed by atoms with Crippen LogP contribution in [0.4, 0.5) is 0 Å². The Hall–Kier alpha value is -6.18. The third kappa shape index (κ3) is 3.62. The highest BCUT2D eigenvalue weighted by molar-refractivity contribution is 6.24. The lowest BCUT2D eigenvalue weighted by atomic mass is 9.80. The first-order valence-corrected chi connectivity index (χ1v) is 17.5. The molecule has 0 atom stereocenters. The lowest BCUT2D eigenvalue weighted by molar-refractivity contribution is 0.660. The molecule has 11 rings (SSSR count). The lowest BCUT2D eigenvalue weighted by Crippen LogP contribution is -2.15. The van der Waals surface area contributed by atoms with Crippen molar-refractivity contribution in [2.45, 2.75) is 19.3 Å². The van der Waals surface area contributed by atoms with E-state index in [2.05, 4.69) is 172 Å². The summed E-state index contributed by atoms with van der Waals surface area (Å²) < 4.78 is 6.64. The number of rotatable bonds is 2. The van der Waals surface area contributed by atoms with Gasteiger partial charge in [0, 0.05) is 21.6 Å². The molecular weight excluding hydrogens is 605 g/mol. The quantitative estimate of drug-likeness (QED) is 0.172. The fourth-order valence-corrected chi connectivity index (χ4v) is 9.15. The number of hydrogen-bond donors (Lipinski definition) is 0. The van der Waals surface area contributed by atoms with Crippen LogP contribution in [0.25, 0.3) is 98.4 Å². The van der Waals surface area contributed by atoms with Crippen LogP contribution >= 0.6 is 0 Å². The van der Waals surface area contributed by atoms with Crippen molar-refractivity contribution in [2.75, 3.05) is 0 Å². The zero-order valence-corrected chi connectivity index (χ0v) is 27.9. The van der Waals surface area contributed by atoms with Crippen LogP contribution in [0.15, 0.2) is 162 Å². The molecule has 0 unspecified atom stereocenters. The van der Waals surface area contributed by atoms with Gasteiger partial charge in [0.25, 0.3) is 0 Å². The summed E-state index contributed by atoms with van der Waals surface area (Å²) in [4.78, 5) is 0. The second-order valence-corrected chi connectivity index (χ2v) is 14.4. The van der Waals surface area contributed by atoms with Gasteiger partial charge in [-0.2, -0.15) is 0 Å². The van der Waals surface area contributed by atoms with Gasteiger partial charge < -0.3 is 4.42 Å². The van der Waals surface area contributed by atoms with Crippen molar-refractivity contribution in [3.63, 3.8) is 0 Å². The summed E-state index contributed by atoms with van der Waals surface area (Å²) in [6, 6.07) is 58.1. The summed E-state index contributed by atoms with van der Waals surface area (Å²) in [5.41, 5.74) is 12.2. The van der Waals surface area contributed by atoms with Crippen LogP contribution in [0.2, 0.25) is 0 Å². The zero-order valence-electron chi connectivity index (χ0n) is 27.9. The molecule has 1 aliphatic rings. The third-order valence-corrected chi connectivity index (χ3v) is 11.4. The van der Waals surface area contributed by atoms with Gasteiger partial charge in [0.2, 0.25) is 0 Å². The van der Waals surface area contributed by atoms with Gasteiger partial charge in [0.05, 0.1) is 0 Å². The van der Waals surface area contributed by atoms with Gasteiger partial charge in [-0.25, -0.2) is 0 Å². The standard InChI is InChI=1S/C49H32O/c1-49(2)41-27-24-30-22-25-39-33-15-9-10-21-43(33)50-48(39)45(30)47(41)40-26-23-31(28-42(40)49)44-35-16-5-7-18-37(35)46(38-19-8-6-17-36(38)44)34-20-11-13-29-12-3-4-14-32(29)34/h3-28H,1-2H3. The van der Waals surface area contributed by atoms with Crippen molar-refractivity contribution in [1.82, 2.24) is 0 Å². The molecule has 234 valence electrons. The van der Waals surface area contributed by atoms with Gasteiger partial charge in [0.15, 0.2) is 0 Å². The number of benzene rings is 9. The Kier molecular flexibility index (Phi) is 5.51. The minimum Gasteiger partial charge on any atom is -0.455 e. The Bertz CT molecular complexity index is 3000. The molecule has 1 heterocycles. The predicted octanol–water partition coefficient (Wildman–Crippen LogP) is 13.8. The molecule has 0 spiro atoms. The Labute approximate surface area is 290 Å². The molecule has 0 N–H and O–H groups in total. The number of hydrogen-bond acceptors (Lipinski definition) is 1. The van der Waals surface area contributed by atoms with Crippen molar-refractivity contribution in [2.24, 2.45) is 0 Å². The van der Waals surface area contributed by atoms with Crippen molar-refractivity contribution in [3.05, 3.63) is 169 Å². The van der Waals surface area contributed by atoms with Crippen LogP contribution in [0.5, 0.6) is 0 Å². The molecule has 1 heteroatoms. The Morgan fingerprint density at radius 1 is 0.400 bits per heavy atom. The molecule has 0 aliphatic heterocycles. The topological polar surface area (TPSA) is 13.1 Å². The van der Waals surface area contributed by atoms with E-state index >= 15 is 0 Å². The Morgan fingerprint density at radius 2 is 1.02 bits per heavy atom. The smallest absolute Gasteiger partial charge is 0.143 e. The van der Waals surface area contributed by atoms with Crippen molar-refractivity contribution in [1.29, 1.82) is 0 Å². The van der Waals surface area contributed by atoms with Gasteiger partial charge in [-0.1, -0.05) is 153 Å². The average molecular weight is 637 g/mol. The molecule has 0 fully saturated rings. The molecular formula is C49H32O. The first kappa shape index (κ1) is 27.7. The van der Waals surface area contributed by atoms with E-state index in [9.17, 15) is 0 Å². The summed E-state index contributed by atoms with van der Waals surface area (Å²) in [6.45, 7) is 4.76. The van der Waals surface area contributed by atoms with Gasteiger partial charge >= 0.3 is 0 Å². The van der Waals surface area contributed by atoms with E-state index in [0.29, 0.717) is 0 Å². The monoisotopic (exact) mass is 636 g/mol. The van der Waals surface area contributed by atoms with Crippen LogP contribution in [-0.2, 0) is 5.41 Å². The SMILES string of the molecule is CC1(C)c2cc(-c3c4ccccc4c(-c4cccc5ccccc45)c4ccccc34)ccc2-c2c1ccc1ccc3c4ccccc4oc3c21. The highest BCUT2D eigenvalue weighted by atomic mass is 16.3. The van der Waals surface area contributed by atoms with E-state index in [-0.39, 0.29) is 5.41 Å². The molecule has 0 saturated carbocycles. The van der Waals surface area contributed by atoms with Crippen LogP contribution < -0.4 is 0 Å². The van der Waals surface area contributed by atoms with Crippen molar-refractivity contribution in [3.8, 4) is 33.4 Å². The summed E-state index contributed by atoms with van der Waals surface area (Å²) in [5, 5.41) is 12.4. The van der Waals surface area contributed by atoms with Crippen LogP contribution in [-0.4, -0.2) is 0 Å². The van der Waals surface area contributed by atoms with Crippen molar-refractivity contribution >= 4 is 65.0 Å². The predicted molar refractivity (Wildman–Crippen MR) is 212 cm³/mol. The molecule has 10 aromatic rings. The minimum atomic E-state index is -0.183. The molecule has 1 nitrogen and oxygen atoms in total. The fourth-order valence-electron chi connectivity index (χ4n) is 9.15. The highest BCUT2D eigenvalue weighted by Crippen LogP contribution is 2.55. The summed E-state index contributed by atoms with van der Waals surface area (Å²) in [5.74, 6) is 0. The maximum atomic E-state index is 6.64. The van der Waals surface area contributed by atoms with Crippen molar-refractivity contribution < 1.29 is 4.42 Å². The summed E-state index contributed by atoms with van der Waals surface area (Å²) in [6.07, 6.45) is 0. The fraction of sp³-hybridized carbons (Fsp3) is 0.0612. The third-order valence-electron chi connectivity index (χ3n) is 11.4. The minimum absolute atomic E-state index is 0.183. The van der Waals surface area contributed by atoms with Gasteiger partial charge in [0.1, 0.15) is 11.2 Å².